The van der Waals surface area contributed by atoms with Crippen LogP contribution in [-0.4, -0.2) is 26.6 Å². The minimum Gasteiger partial charge on any atom is -0.457 e. The maximum Gasteiger partial charge on any atom is 0.433 e. The zero-order valence-corrected chi connectivity index (χ0v) is 20.9. The number of para-hydroxylation sites is 1. The zero-order chi connectivity index (χ0) is 27.6. The molecule has 1 heterocycles. The van der Waals surface area contributed by atoms with Gasteiger partial charge in [-0.05, 0) is 30.5 Å². The number of amides is 1. The van der Waals surface area contributed by atoms with E-state index in [1.807, 2.05) is 12.1 Å². The molecule has 39 heavy (non-hydrogen) atoms. The van der Waals surface area contributed by atoms with Gasteiger partial charge in [0.2, 0.25) is 5.91 Å². The number of benzene rings is 3. The Hall–Kier alpha value is -4.45. The second-order valence-corrected chi connectivity index (χ2v) is 9.50. The van der Waals surface area contributed by atoms with E-state index in [0.29, 0.717) is 17.7 Å². The van der Waals surface area contributed by atoms with Gasteiger partial charge in [-0.3, -0.25) is 14.9 Å². The van der Waals surface area contributed by atoms with Gasteiger partial charge in [-0.2, -0.15) is 13.2 Å². The Labute approximate surface area is 224 Å². The monoisotopic (exact) mass is 552 g/mol. The van der Waals surface area contributed by atoms with Gasteiger partial charge in [0.15, 0.2) is 10.9 Å². The number of halogens is 3. The minimum absolute atomic E-state index is 0.0394. The van der Waals surface area contributed by atoms with Crippen LogP contribution in [0.2, 0.25) is 0 Å². The number of nitro benzene ring substituents is 1. The van der Waals surface area contributed by atoms with Crippen molar-refractivity contribution in [3.8, 4) is 22.8 Å². The third-order valence-corrected chi connectivity index (χ3v) is 6.72. The lowest BCUT2D eigenvalue weighted by Crippen LogP contribution is -2.19. The molecule has 0 saturated heterocycles. The Bertz CT molecular complexity index is 1560. The van der Waals surface area contributed by atoms with Gasteiger partial charge in [0, 0.05) is 23.3 Å². The first-order valence-electron chi connectivity index (χ1n) is 11.7. The summed E-state index contributed by atoms with van der Waals surface area (Å²) in [6, 6.07) is 19.5. The number of anilines is 1. The molecule has 1 aromatic heterocycles. The van der Waals surface area contributed by atoms with Gasteiger partial charge in [0.05, 0.1) is 28.1 Å². The van der Waals surface area contributed by atoms with E-state index < -0.39 is 22.7 Å². The van der Waals surface area contributed by atoms with Crippen LogP contribution in [0, 0.1) is 10.1 Å². The van der Waals surface area contributed by atoms with Crippen LogP contribution in [0.1, 0.15) is 16.8 Å². The number of hydrogen-bond donors (Lipinski definition) is 1. The van der Waals surface area contributed by atoms with E-state index in [1.165, 1.54) is 12.1 Å². The molecule has 0 unspecified atom stereocenters. The highest BCUT2D eigenvalue weighted by atomic mass is 32.2. The number of nitrogens with zero attached hydrogens (tertiary/aromatic N) is 3. The van der Waals surface area contributed by atoms with E-state index in [4.69, 9.17) is 4.74 Å². The zero-order valence-electron chi connectivity index (χ0n) is 20.1. The number of nitro groups is 1. The van der Waals surface area contributed by atoms with Crippen molar-refractivity contribution in [3.63, 3.8) is 0 Å². The number of fused-ring (bicyclic) bond motifs is 3. The van der Waals surface area contributed by atoms with Crippen molar-refractivity contribution in [1.29, 1.82) is 0 Å². The van der Waals surface area contributed by atoms with Crippen LogP contribution < -0.4 is 10.1 Å². The summed E-state index contributed by atoms with van der Waals surface area (Å²) in [6.45, 7) is 0. The fraction of sp³-hybridized carbons (Fsp3) is 0.148. The van der Waals surface area contributed by atoms with Gasteiger partial charge in [-0.25, -0.2) is 9.97 Å². The van der Waals surface area contributed by atoms with Crippen molar-refractivity contribution < 1.29 is 27.6 Å². The number of non-ortho nitro benzene ring substituents is 1. The average molecular weight is 553 g/mol. The third-order valence-electron chi connectivity index (χ3n) is 5.87. The number of carbonyl (C=O) groups excluding carboxylic acids is 1. The number of alkyl halides is 3. The fourth-order valence-electron chi connectivity index (χ4n) is 4.22. The highest BCUT2D eigenvalue weighted by Crippen LogP contribution is 2.40. The molecule has 0 spiro atoms. The van der Waals surface area contributed by atoms with Crippen molar-refractivity contribution in [2.75, 3.05) is 11.1 Å². The smallest absolute Gasteiger partial charge is 0.433 e. The largest absolute Gasteiger partial charge is 0.457 e. The number of aromatic nitrogens is 2. The fourth-order valence-corrected chi connectivity index (χ4v) is 4.87. The highest BCUT2D eigenvalue weighted by molar-refractivity contribution is 7.99. The number of ether oxygens (including phenoxy) is 1. The van der Waals surface area contributed by atoms with Crippen LogP contribution in [0.5, 0.6) is 11.5 Å². The Morgan fingerprint density at radius 3 is 2.49 bits per heavy atom. The maximum atomic E-state index is 13.9. The van der Waals surface area contributed by atoms with Crippen molar-refractivity contribution in [1.82, 2.24) is 9.97 Å². The Morgan fingerprint density at radius 1 is 1.00 bits per heavy atom. The number of rotatable bonds is 7. The van der Waals surface area contributed by atoms with E-state index in [-0.39, 0.29) is 45.7 Å². The van der Waals surface area contributed by atoms with Crippen LogP contribution in [0.4, 0.5) is 24.5 Å². The molecule has 0 fully saturated rings. The summed E-state index contributed by atoms with van der Waals surface area (Å²) < 4.78 is 47.3. The summed E-state index contributed by atoms with van der Waals surface area (Å²) in [7, 11) is 0. The number of thioether (sulfide) groups is 1. The first kappa shape index (κ1) is 26.2. The van der Waals surface area contributed by atoms with Crippen LogP contribution >= 0.6 is 11.8 Å². The molecule has 1 N–H and O–H groups in total. The average Bonchev–Trinajstić information content (AvgIpc) is 2.91. The molecule has 0 bridgehead atoms. The summed E-state index contributed by atoms with van der Waals surface area (Å²) >= 11 is 0.743. The molecule has 5 rings (SSSR count). The molecule has 1 aliphatic rings. The summed E-state index contributed by atoms with van der Waals surface area (Å²) in [4.78, 5) is 31.6. The number of hydrogen-bond acceptors (Lipinski definition) is 7. The summed E-state index contributed by atoms with van der Waals surface area (Å²) in [5.74, 6) is -0.362. The molecule has 1 aliphatic carbocycles. The van der Waals surface area contributed by atoms with Gasteiger partial charge in [-0.15, -0.1) is 0 Å². The molecule has 0 saturated carbocycles. The molecule has 198 valence electrons. The molecule has 0 radical (unpaired) electrons. The second kappa shape index (κ2) is 10.7. The molecule has 3 aromatic carbocycles. The normalized spacial score (nSPS) is 12.3. The number of carbonyl (C=O) groups is 1. The van der Waals surface area contributed by atoms with Crippen LogP contribution in [0.15, 0.2) is 78.0 Å². The molecule has 4 aromatic rings. The first-order valence-corrected chi connectivity index (χ1v) is 12.7. The predicted octanol–water partition coefficient (Wildman–Crippen LogP) is 6.69. The minimum atomic E-state index is -4.69. The van der Waals surface area contributed by atoms with Gasteiger partial charge in [0.1, 0.15) is 11.5 Å². The summed E-state index contributed by atoms with van der Waals surface area (Å²) in [5, 5.41) is 13.7. The lowest BCUT2D eigenvalue weighted by atomic mass is 9.88. The standard InChI is InChI=1S/C27H19F3N4O4S/c28-27(29,30)25-22-11-10-16-6-4-5-9-21(16)24(22)32-26(33-25)39-15-23(35)31-17-12-18(34(36)37)14-20(13-17)38-19-7-2-1-3-8-19/h1-9,12-14H,10-11,15H2,(H,31,35). The van der Waals surface area contributed by atoms with Crippen molar-refractivity contribution in [3.05, 3.63) is 99.7 Å². The van der Waals surface area contributed by atoms with Crippen molar-refractivity contribution in [2.45, 2.75) is 24.2 Å². The van der Waals surface area contributed by atoms with Gasteiger partial charge in [-0.1, -0.05) is 54.2 Å². The molecule has 0 aliphatic heterocycles. The highest BCUT2D eigenvalue weighted by Gasteiger charge is 2.38. The Morgan fingerprint density at radius 2 is 1.74 bits per heavy atom. The molecule has 1 amide bonds. The Balaban J connectivity index is 1.36. The van der Waals surface area contributed by atoms with Crippen molar-refractivity contribution in [2.24, 2.45) is 0 Å². The lowest BCUT2D eigenvalue weighted by Gasteiger charge is -2.22. The van der Waals surface area contributed by atoms with Gasteiger partial charge in [0.25, 0.3) is 5.69 Å². The van der Waals surface area contributed by atoms with Crippen LogP contribution in [-0.2, 0) is 23.8 Å². The molecular weight excluding hydrogens is 533 g/mol. The predicted molar refractivity (Wildman–Crippen MR) is 139 cm³/mol. The Kier molecular flexibility index (Phi) is 7.20. The quantitative estimate of drug-likeness (QED) is 0.118. The number of nitrogens with one attached hydrogen (secondary N) is 1. The lowest BCUT2D eigenvalue weighted by molar-refractivity contribution is -0.384. The molecule has 8 nitrogen and oxygen atoms in total. The summed E-state index contributed by atoms with van der Waals surface area (Å²) in [5.41, 5.74) is 0.535. The molecule has 12 heteroatoms. The van der Waals surface area contributed by atoms with E-state index in [9.17, 15) is 28.1 Å². The summed E-state index contributed by atoms with van der Waals surface area (Å²) in [6.07, 6.45) is -4.08. The molecular formula is C27H19F3N4O4S. The van der Waals surface area contributed by atoms with Crippen LogP contribution in [0.25, 0.3) is 11.3 Å². The first-order chi connectivity index (χ1) is 18.7. The topological polar surface area (TPSA) is 107 Å². The van der Waals surface area contributed by atoms with Crippen LogP contribution in [0.3, 0.4) is 0 Å². The second-order valence-electron chi connectivity index (χ2n) is 8.56. The van der Waals surface area contributed by atoms with Crippen molar-refractivity contribution >= 4 is 29.0 Å². The number of aryl methyl sites for hydroxylation is 1. The van der Waals surface area contributed by atoms with E-state index in [2.05, 4.69) is 15.3 Å². The van der Waals surface area contributed by atoms with Gasteiger partial charge < -0.3 is 10.1 Å². The van der Waals surface area contributed by atoms with E-state index >= 15 is 0 Å². The maximum absolute atomic E-state index is 13.9. The van der Waals surface area contributed by atoms with E-state index in [1.54, 1.807) is 42.5 Å². The molecule has 0 atom stereocenters. The third kappa shape index (κ3) is 6.01. The van der Waals surface area contributed by atoms with E-state index in [0.717, 1.165) is 23.4 Å². The SMILES string of the molecule is O=C(CSc1nc2c(c(C(F)(F)F)n1)CCc1ccccc1-2)Nc1cc(Oc2ccccc2)cc([N+](=O)[O-])c1. The van der Waals surface area contributed by atoms with Gasteiger partial charge >= 0.3 is 6.18 Å².